The number of aromatic nitrogens is 2. The zero-order valence-corrected chi connectivity index (χ0v) is 17.1. The first-order valence-corrected chi connectivity index (χ1v) is 11.5. The van der Waals surface area contributed by atoms with Gasteiger partial charge in [-0.25, -0.2) is 9.79 Å². The molecule has 2 fully saturated rings. The van der Waals surface area contributed by atoms with Gasteiger partial charge in [-0.2, -0.15) is 0 Å². The summed E-state index contributed by atoms with van der Waals surface area (Å²) in [5.74, 6) is 1.62. The molecule has 28 heavy (non-hydrogen) atoms. The van der Waals surface area contributed by atoms with Gasteiger partial charge in [0.05, 0.1) is 12.1 Å². The molecule has 148 valence electrons. The molecule has 3 N–H and O–H groups in total. The van der Waals surface area contributed by atoms with Crippen molar-refractivity contribution in [1.29, 1.82) is 0 Å². The third kappa shape index (κ3) is 3.20. The fourth-order valence-corrected chi connectivity index (χ4v) is 6.54. The Kier molecular flexibility index (Phi) is 4.39. The number of amides is 1. The lowest BCUT2D eigenvalue weighted by Crippen LogP contribution is -2.71. The van der Waals surface area contributed by atoms with Gasteiger partial charge in [0.25, 0.3) is 5.91 Å². The highest BCUT2D eigenvalue weighted by Gasteiger charge is 2.55. The summed E-state index contributed by atoms with van der Waals surface area (Å²) in [4.78, 5) is 29.8. The Morgan fingerprint density at radius 1 is 1.50 bits per heavy atom. The molecule has 0 aromatic carbocycles. The van der Waals surface area contributed by atoms with Crippen LogP contribution in [0.15, 0.2) is 20.8 Å². The van der Waals surface area contributed by atoms with Gasteiger partial charge in [-0.1, -0.05) is 23.1 Å². The standard InChI is InChI=1S/C15H16N6O4S3/c1-5-19-20-14(28-5)27-4-6-3-26-12-9(18-13-16-7-2-8(7)17-13)10(22)21(12)11(6)25-15(23)24/h7-9,12H,2-4H2,1H3,(H,23,24)(H2,16,17,18)/t7?,8?,9?,12-/m0/s1. The van der Waals surface area contributed by atoms with E-state index in [-0.39, 0.29) is 17.2 Å². The van der Waals surface area contributed by atoms with E-state index in [0.29, 0.717) is 29.5 Å². The maximum atomic E-state index is 12.7. The number of carbonyl (C=O) groups is 2. The Morgan fingerprint density at radius 3 is 3.04 bits per heavy atom. The number of thioether (sulfide) groups is 2. The molecule has 4 aliphatic rings. The van der Waals surface area contributed by atoms with E-state index in [9.17, 15) is 9.59 Å². The largest absolute Gasteiger partial charge is 0.512 e. The second-order valence-electron chi connectivity index (χ2n) is 6.72. The molecule has 0 radical (unpaired) electrons. The van der Waals surface area contributed by atoms with E-state index in [4.69, 9.17) is 9.84 Å². The number of hydrogen-bond donors (Lipinski definition) is 3. The van der Waals surface area contributed by atoms with Crippen molar-refractivity contribution >= 4 is 52.9 Å². The molecule has 4 heterocycles. The zero-order valence-electron chi connectivity index (χ0n) is 14.6. The number of nitrogens with one attached hydrogen (secondary N) is 2. The average Bonchev–Trinajstić information content (AvgIpc) is 3.05. The van der Waals surface area contributed by atoms with Crippen LogP contribution in [0.5, 0.6) is 0 Å². The van der Waals surface area contributed by atoms with Crippen LogP contribution in [-0.4, -0.2) is 73.2 Å². The van der Waals surface area contributed by atoms with Crippen molar-refractivity contribution in [1.82, 2.24) is 25.7 Å². The summed E-state index contributed by atoms with van der Waals surface area (Å²) in [5.41, 5.74) is 0.755. The molecule has 4 atom stereocenters. The quantitative estimate of drug-likeness (QED) is 0.344. The minimum absolute atomic E-state index is 0.122. The lowest BCUT2D eigenvalue weighted by molar-refractivity contribution is -0.145. The van der Waals surface area contributed by atoms with Gasteiger partial charge in [0.1, 0.15) is 16.4 Å². The Labute approximate surface area is 172 Å². The molecule has 0 spiro atoms. The average molecular weight is 441 g/mol. The smallest absolute Gasteiger partial charge is 0.449 e. The predicted octanol–water partition coefficient (Wildman–Crippen LogP) is 0.818. The van der Waals surface area contributed by atoms with E-state index in [1.54, 1.807) is 11.8 Å². The number of aryl methyl sites for hydroxylation is 1. The van der Waals surface area contributed by atoms with Crippen molar-refractivity contribution in [2.45, 2.75) is 41.2 Å². The number of carboxylic acid groups (broad SMARTS) is 1. The molecular weight excluding hydrogens is 424 g/mol. The third-order valence-electron chi connectivity index (χ3n) is 4.72. The van der Waals surface area contributed by atoms with E-state index in [1.165, 1.54) is 28.0 Å². The van der Waals surface area contributed by atoms with Crippen LogP contribution in [0.1, 0.15) is 11.4 Å². The number of β-lactam (4-membered cyclic amide) rings is 1. The van der Waals surface area contributed by atoms with Crippen molar-refractivity contribution < 1.29 is 19.4 Å². The first-order valence-electron chi connectivity index (χ1n) is 8.61. The van der Waals surface area contributed by atoms with Crippen LogP contribution in [0.25, 0.3) is 0 Å². The van der Waals surface area contributed by atoms with Crippen molar-refractivity contribution in [3.8, 4) is 0 Å². The molecule has 3 aliphatic heterocycles. The Bertz CT molecular complexity index is 917. The SMILES string of the molecule is Cc1nnc(SCC2=C(OC(=O)O)N3C(=O)C(NC4=NC5CC5N4)[C@@H]3SC2)s1. The Balaban J connectivity index is 1.31. The number of ether oxygens (including phenoxy) is 1. The molecule has 1 aromatic rings. The van der Waals surface area contributed by atoms with Crippen molar-refractivity contribution in [2.75, 3.05) is 11.5 Å². The summed E-state index contributed by atoms with van der Waals surface area (Å²) < 4.78 is 5.81. The van der Waals surface area contributed by atoms with E-state index < -0.39 is 12.2 Å². The number of aliphatic imine (C=N–C) groups is 1. The molecule has 0 bridgehead atoms. The van der Waals surface area contributed by atoms with Gasteiger partial charge in [-0.3, -0.25) is 9.69 Å². The number of nitrogens with zero attached hydrogens (tertiary/aromatic N) is 4. The van der Waals surface area contributed by atoms with Crippen LogP contribution in [0.3, 0.4) is 0 Å². The topological polar surface area (TPSA) is 129 Å². The van der Waals surface area contributed by atoms with E-state index >= 15 is 0 Å². The summed E-state index contributed by atoms with van der Waals surface area (Å²) in [5, 5.41) is 24.2. The third-order valence-corrected chi connectivity index (χ3v) is 8.12. The van der Waals surface area contributed by atoms with Crippen LogP contribution in [0.4, 0.5) is 4.79 Å². The number of carbonyl (C=O) groups excluding carboxylic acids is 1. The highest BCUT2D eigenvalue weighted by atomic mass is 32.2. The number of fused-ring (bicyclic) bond motifs is 2. The zero-order chi connectivity index (χ0) is 19.4. The summed E-state index contributed by atoms with van der Waals surface area (Å²) in [6.07, 6.45) is -0.385. The second-order valence-corrected chi connectivity index (χ2v) is 10.2. The summed E-state index contributed by atoms with van der Waals surface area (Å²) in [6.45, 7) is 1.87. The second kappa shape index (κ2) is 6.81. The number of rotatable bonds is 5. The van der Waals surface area contributed by atoms with Gasteiger partial charge in [-0.15, -0.1) is 22.0 Å². The predicted molar refractivity (Wildman–Crippen MR) is 104 cm³/mol. The summed E-state index contributed by atoms with van der Waals surface area (Å²) in [7, 11) is 0. The molecule has 1 aliphatic carbocycles. The maximum Gasteiger partial charge on any atom is 0.512 e. The van der Waals surface area contributed by atoms with Crippen LogP contribution in [0.2, 0.25) is 0 Å². The Morgan fingerprint density at radius 2 is 2.36 bits per heavy atom. The monoisotopic (exact) mass is 440 g/mol. The van der Waals surface area contributed by atoms with Gasteiger partial charge in [-0.05, 0) is 13.3 Å². The molecule has 1 saturated heterocycles. The lowest BCUT2D eigenvalue weighted by atomic mass is 10.1. The fourth-order valence-electron chi connectivity index (χ4n) is 3.28. The van der Waals surface area contributed by atoms with Gasteiger partial charge in [0, 0.05) is 17.1 Å². The minimum atomic E-state index is -1.43. The fraction of sp³-hybridized carbons (Fsp3) is 0.533. The Hall–Kier alpha value is -1.99. The molecule has 5 rings (SSSR count). The van der Waals surface area contributed by atoms with Gasteiger partial charge < -0.3 is 20.5 Å². The lowest BCUT2D eigenvalue weighted by Gasteiger charge is -2.49. The molecule has 1 amide bonds. The highest BCUT2D eigenvalue weighted by Crippen LogP contribution is 2.42. The first-order chi connectivity index (χ1) is 13.5. The van der Waals surface area contributed by atoms with Crippen molar-refractivity contribution in [2.24, 2.45) is 4.99 Å². The molecule has 1 aromatic heterocycles. The maximum absolute atomic E-state index is 12.7. The van der Waals surface area contributed by atoms with Crippen LogP contribution in [-0.2, 0) is 9.53 Å². The van der Waals surface area contributed by atoms with Crippen molar-refractivity contribution in [3.05, 3.63) is 16.5 Å². The van der Waals surface area contributed by atoms with Gasteiger partial charge >= 0.3 is 6.16 Å². The van der Waals surface area contributed by atoms with Crippen molar-refractivity contribution in [3.63, 3.8) is 0 Å². The molecule has 3 unspecified atom stereocenters. The number of hydrogen-bond acceptors (Lipinski definition) is 11. The number of guanidine groups is 1. The van der Waals surface area contributed by atoms with Gasteiger partial charge in [0.15, 0.2) is 10.3 Å². The van der Waals surface area contributed by atoms with E-state index in [0.717, 1.165) is 21.3 Å². The van der Waals surface area contributed by atoms with Crippen LogP contribution in [0, 0.1) is 6.92 Å². The van der Waals surface area contributed by atoms with E-state index in [1.807, 2.05) is 6.92 Å². The molecule has 13 heteroatoms. The molecule has 10 nitrogen and oxygen atoms in total. The van der Waals surface area contributed by atoms with Gasteiger partial charge in [0.2, 0.25) is 5.88 Å². The van der Waals surface area contributed by atoms with Crippen LogP contribution < -0.4 is 10.6 Å². The van der Waals surface area contributed by atoms with Crippen LogP contribution >= 0.6 is 34.9 Å². The summed E-state index contributed by atoms with van der Waals surface area (Å²) >= 11 is 4.51. The van der Waals surface area contributed by atoms with E-state index in [2.05, 4.69) is 25.8 Å². The molecule has 1 saturated carbocycles. The highest BCUT2D eigenvalue weighted by molar-refractivity contribution is 8.01. The summed E-state index contributed by atoms with van der Waals surface area (Å²) in [6, 6.07) is 0.276. The first kappa shape index (κ1) is 18.1. The normalized spacial score (nSPS) is 30.1. The molecular formula is C15H16N6O4S3. The minimum Gasteiger partial charge on any atom is -0.449 e.